The number of ether oxygens (including phenoxy) is 2. The highest BCUT2D eigenvalue weighted by atomic mass is 19.1. The van der Waals surface area contributed by atoms with E-state index in [4.69, 9.17) is 15.2 Å². The van der Waals surface area contributed by atoms with Crippen LogP contribution in [0.1, 0.15) is 44.9 Å². The number of primary amides is 1. The van der Waals surface area contributed by atoms with Gasteiger partial charge in [-0.3, -0.25) is 0 Å². The Balaban J connectivity index is 2.02. The van der Waals surface area contributed by atoms with Crippen molar-refractivity contribution in [1.29, 1.82) is 0 Å². The number of fused-ring (bicyclic) bond motifs is 1. The number of hydrogen-bond donors (Lipinski definition) is 1. The zero-order valence-electron chi connectivity index (χ0n) is 15.5. The highest BCUT2D eigenvalue weighted by Crippen LogP contribution is 2.49. The van der Waals surface area contributed by atoms with Crippen molar-refractivity contribution in [3.05, 3.63) is 53.3 Å². The molecule has 1 aliphatic carbocycles. The van der Waals surface area contributed by atoms with E-state index in [-0.39, 0.29) is 17.3 Å². The third kappa shape index (κ3) is 3.52. The van der Waals surface area contributed by atoms with E-state index in [9.17, 15) is 9.18 Å². The Bertz CT molecular complexity index is 845. The molecule has 0 aromatic heterocycles. The molecule has 2 N–H and O–H groups in total. The number of amides is 1. The molecule has 0 fully saturated rings. The maximum Gasteiger partial charge on any atom is 0.405 e. The highest BCUT2D eigenvalue weighted by molar-refractivity contribution is 5.69. The first kappa shape index (κ1) is 18.2. The van der Waals surface area contributed by atoms with Crippen LogP contribution in [-0.2, 0) is 11.2 Å². The monoisotopic (exact) mass is 357 g/mol. The molecule has 0 spiro atoms. The largest absolute Gasteiger partial charge is 0.491 e. The first-order valence-electron chi connectivity index (χ1n) is 8.73. The van der Waals surface area contributed by atoms with Gasteiger partial charge in [0, 0.05) is 11.0 Å². The first-order chi connectivity index (χ1) is 12.2. The molecule has 0 bridgehead atoms. The van der Waals surface area contributed by atoms with E-state index in [1.165, 1.54) is 6.07 Å². The van der Waals surface area contributed by atoms with Crippen LogP contribution >= 0.6 is 0 Å². The van der Waals surface area contributed by atoms with Gasteiger partial charge in [-0.05, 0) is 61.2 Å². The Morgan fingerprint density at radius 2 is 2.00 bits per heavy atom. The van der Waals surface area contributed by atoms with Crippen LogP contribution in [0.15, 0.2) is 36.4 Å². The van der Waals surface area contributed by atoms with E-state index >= 15 is 0 Å². The first-order valence-corrected chi connectivity index (χ1v) is 8.73. The van der Waals surface area contributed by atoms with Crippen molar-refractivity contribution in [3.63, 3.8) is 0 Å². The molecule has 0 unspecified atom stereocenters. The maximum absolute atomic E-state index is 14.9. The molecule has 0 aliphatic heterocycles. The van der Waals surface area contributed by atoms with Crippen molar-refractivity contribution in [2.45, 2.75) is 46.3 Å². The molecule has 1 amide bonds. The molecule has 2 aromatic rings. The lowest BCUT2D eigenvalue weighted by atomic mass is 9.87. The zero-order chi connectivity index (χ0) is 19.1. The number of benzene rings is 2. The molecule has 26 heavy (non-hydrogen) atoms. The van der Waals surface area contributed by atoms with Gasteiger partial charge < -0.3 is 15.2 Å². The fraction of sp³-hybridized carbons (Fsp3) is 0.381. The second-order valence-corrected chi connectivity index (χ2v) is 7.71. The van der Waals surface area contributed by atoms with Crippen molar-refractivity contribution in [2.75, 3.05) is 0 Å². The number of rotatable bonds is 4. The van der Waals surface area contributed by atoms with Gasteiger partial charge in [0.2, 0.25) is 0 Å². The second kappa shape index (κ2) is 6.63. The van der Waals surface area contributed by atoms with Crippen molar-refractivity contribution < 1.29 is 18.7 Å². The van der Waals surface area contributed by atoms with E-state index in [0.717, 1.165) is 11.1 Å². The summed E-state index contributed by atoms with van der Waals surface area (Å²) in [5, 5.41) is 0. The van der Waals surface area contributed by atoms with Crippen molar-refractivity contribution >= 4 is 6.09 Å². The molecule has 0 saturated heterocycles. The maximum atomic E-state index is 14.9. The summed E-state index contributed by atoms with van der Waals surface area (Å²) in [5.41, 5.74) is 7.76. The minimum absolute atomic E-state index is 0.0441. The van der Waals surface area contributed by atoms with E-state index in [1.807, 2.05) is 58.0 Å². The number of carbonyl (C=O) groups is 1. The molecule has 1 atom stereocenters. The Hall–Kier alpha value is -2.56. The van der Waals surface area contributed by atoms with Gasteiger partial charge in [0.25, 0.3) is 0 Å². The van der Waals surface area contributed by atoms with E-state index in [1.54, 1.807) is 0 Å². The van der Waals surface area contributed by atoms with Gasteiger partial charge in [-0.15, -0.1) is 0 Å². The summed E-state index contributed by atoms with van der Waals surface area (Å²) in [4.78, 5) is 11.2. The fourth-order valence-electron chi connectivity index (χ4n) is 3.60. The van der Waals surface area contributed by atoms with Gasteiger partial charge >= 0.3 is 6.09 Å². The van der Waals surface area contributed by atoms with Gasteiger partial charge in [0.05, 0.1) is 6.10 Å². The summed E-state index contributed by atoms with van der Waals surface area (Å²) < 4.78 is 25.9. The molecular weight excluding hydrogens is 333 g/mol. The molecular formula is C21H24FNO3. The number of halogens is 1. The van der Waals surface area contributed by atoms with Gasteiger partial charge in [0.15, 0.2) is 0 Å². The topological polar surface area (TPSA) is 61.6 Å². The average molecular weight is 357 g/mol. The Morgan fingerprint density at radius 3 is 2.65 bits per heavy atom. The van der Waals surface area contributed by atoms with Crippen LogP contribution in [0, 0.1) is 11.2 Å². The molecule has 0 radical (unpaired) electrons. The summed E-state index contributed by atoms with van der Waals surface area (Å²) in [5.74, 6) is 0.342. The van der Waals surface area contributed by atoms with E-state index in [2.05, 4.69) is 0 Å². The van der Waals surface area contributed by atoms with Crippen LogP contribution < -0.4 is 10.5 Å². The summed E-state index contributed by atoms with van der Waals surface area (Å²) in [7, 11) is 0. The quantitative estimate of drug-likeness (QED) is 0.838. The molecule has 5 heteroatoms. The zero-order valence-corrected chi connectivity index (χ0v) is 15.5. The van der Waals surface area contributed by atoms with Crippen molar-refractivity contribution in [1.82, 2.24) is 0 Å². The van der Waals surface area contributed by atoms with Crippen LogP contribution in [0.2, 0.25) is 0 Å². The van der Waals surface area contributed by atoms with Crippen LogP contribution in [-0.4, -0.2) is 12.2 Å². The summed E-state index contributed by atoms with van der Waals surface area (Å²) in [6.45, 7) is 7.86. The van der Waals surface area contributed by atoms with Gasteiger partial charge in [0.1, 0.15) is 17.7 Å². The van der Waals surface area contributed by atoms with Crippen LogP contribution in [0.3, 0.4) is 0 Å². The van der Waals surface area contributed by atoms with E-state index in [0.29, 0.717) is 23.3 Å². The predicted octanol–water partition coefficient (Wildman–Crippen LogP) is 5.00. The number of carbonyl (C=O) groups excluding carboxylic acids is 1. The Morgan fingerprint density at radius 1 is 1.27 bits per heavy atom. The lowest BCUT2D eigenvalue weighted by molar-refractivity contribution is 0.0391. The smallest absolute Gasteiger partial charge is 0.405 e. The molecule has 2 aromatic carbocycles. The standard InChI is InChI=1S/C21H24FNO3/c1-12(2)25-15-7-5-6-13(8-15)16-9-14-11-21(3,4)19(26-20(23)24)17(14)10-18(16)22/h5-10,12,19H,11H2,1-4H3,(H2,23,24)/t19-/m0/s1. The predicted molar refractivity (Wildman–Crippen MR) is 98.5 cm³/mol. The Labute approximate surface area is 153 Å². The summed E-state index contributed by atoms with van der Waals surface area (Å²) in [6, 6.07) is 10.7. The van der Waals surface area contributed by atoms with Crippen LogP contribution in [0.4, 0.5) is 9.18 Å². The summed E-state index contributed by atoms with van der Waals surface area (Å²) in [6.07, 6.45) is -0.675. The molecule has 138 valence electrons. The average Bonchev–Trinajstić information content (AvgIpc) is 2.76. The van der Waals surface area contributed by atoms with Crippen molar-refractivity contribution in [2.24, 2.45) is 11.1 Å². The minimum Gasteiger partial charge on any atom is -0.491 e. The van der Waals surface area contributed by atoms with E-state index < -0.39 is 12.2 Å². The summed E-state index contributed by atoms with van der Waals surface area (Å²) >= 11 is 0. The molecule has 0 saturated carbocycles. The number of hydrogen-bond acceptors (Lipinski definition) is 3. The third-order valence-electron chi connectivity index (χ3n) is 4.62. The fourth-order valence-corrected chi connectivity index (χ4v) is 3.60. The molecule has 1 aliphatic rings. The SMILES string of the molecule is CC(C)Oc1cccc(-c2cc3c(cc2F)[C@H](OC(N)=O)C(C)(C)C3)c1. The highest BCUT2D eigenvalue weighted by Gasteiger charge is 2.42. The van der Waals surface area contributed by atoms with Gasteiger partial charge in [-0.25, -0.2) is 9.18 Å². The van der Waals surface area contributed by atoms with Gasteiger partial charge in [-0.2, -0.15) is 0 Å². The molecule has 3 rings (SSSR count). The lowest BCUT2D eigenvalue weighted by Crippen LogP contribution is -2.25. The lowest BCUT2D eigenvalue weighted by Gasteiger charge is -2.26. The minimum atomic E-state index is -0.848. The van der Waals surface area contributed by atoms with Crippen LogP contribution in [0.5, 0.6) is 5.75 Å². The second-order valence-electron chi connectivity index (χ2n) is 7.71. The van der Waals surface area contributed by atoms with Crippen LogP contribution in [0.25, 0.3) is 11.1 Å². The Kier molecular flexibility index (Phi) is 4.65. The third-order valence-corrected chi connectivity index (χ3v) is 4.62. The molecule has 0 heterocycles. The van der Waals surface area contributed by atoms with Crippen molar-refractivity contribution in [3.8, 4) is 16.9 Å². The number of nitrogens with two attached hydrogens (primary N) is 1. The normalized spacial score (nSPS) is 17.8. The molecule has 4 nitrogen and oxygen atoms in total. The van der Waals surface area contributed by atoms with Gasteiger partial charge in [-0.1, -0.05) is 26.0 Å².